The Labute approximate surface area is 106 Å². The molecule has 0 radical (unpaired) electrons. The number of thiocarbonyl (C=S) groups is 1. The molecule has 1 aromatic rings. The van der Waals surface area contributed by atoms with Crippen molar-refractivity contribution >= 4 is 23.0 Å². The van der Waals surface area contributed by atoms with Crippen LogP contribution in [0.15, 0.2) is 24.3 Å². The fourth-order valence-electron chi connectivity index (χ4n) is 1.65. The molecular formula is C12H13N3OS. The minimum absolute atomic E-state index is 0.600. The van der Waals surface area contributed by atoms with Crippen molar-refractivity contribution in [3.63, 3.8) is 0 Å². The van der Waals surface area contributed by atoms with Crippen molar-refractivity contribution in [2.45, 2.75) is 0 Å². The lowest BCUT2D eigenvalue weighted by molar-refractivity contribution is 0.0690. The van der Waals surface area contributed by atoms with Gasteiger partial charge in [0.25, 0.3) is 0 Å². The van der Waals surface area contributed by atoms with Gasteiger partial charge in [-0.1, -0.05) is 12.1 Å². The minimum Gasteiger partial charge on any atom is -0.378 e. The number of nitrogens with zero attached hydrogens (tertiary/aromatic N) is 2. The van der Waals surface area contributed by atoms with E-state index in [1.165, 1.54) is 0 Å². The number of ether oxygens (including phenoxy) is 1. The lowest BCUT2D eigenvalue weighted by Gasteiger charge is -2.29. The second-order valence-electron chi connectivity index (χ2n) is 3.69. The summed E-state index contributed by atoms with van der Waals surface area (Å²) in [4.78, 5) is 2.05. The van der Waals surface area contributed by atoms with Gasteiger partial charge in [-0.15, -0.1) is 0 Å². The van der Waals surface area contributed by atoms with E-state index in [4.69, 9.17) is 22.2 Å². The molecule has 0 aromatic heterocycles. The Bertz CT molecular complexity index is 449. The average molecular weight is 247 g/mol. The highest BCUT2D eigenvalue weighted by Gasteiger charge is 2.14. The fraction of sp³-hybridized carbons (Fsp3) is 0.333. The Morgan fingerprint density at radius 1 is 1.35 bits per heavy atom. The Kier molecular flexibility index (Phi) is 3.91. The first-order valence-corrected chi connectivity index (χ1v) is 5.85. The van der Waals surface area contributed by atoms with Crippen molar-refractivity contribution in [1.82, 2.24) is 4.90 Å². The predicted molar refractivity (Wildman–Crippen MR) is 69.8 cm³/mol. The summed E-state index contributed by atoms with van der Waals surface area (Å²) in [5.74, 6) is 0. The van der Waals surface area contributed by atoms with Crippen molar-refractivity contribution in [3.8, 4) is 6.07 Å². The zero-order valence-corrected chi connectivity index (χ0v) is 10.2. The largest absolute Gasteiger partial charge is 0.378 e. The van der Waals surface area contributed by atoms with Crippen LogP contribution in [0, 0.1) is 11.3 Å². The van der Waals surface area contributed by atoms with Crippen LogP contribution in [-0.2, 0) is 4.74 Å². The summed E-state index contributed by atoms with van der Waals surface area (Å²) in [5.41, 5.74) is 1.36. The molecule has 17 heavy (non-hydrogen) atoms. The van der Waals surface area contributed by atoms with Crippen LogP contribution in [0.25, 0.3) is 0 Å². The summed E-state index contributed by atoms with van der Waals surface area (Å²) in [7, 11) is 0. The number of rotatable bonds is 1. The summed E-state index contributed by atoms with van der Waals surface area (Å²) in [6, 6.07) is 9.47. The molecule has 1 fully saturated rings. The Hall–Kier alpha value is -1.64. The molecule has 4 nitrogen and oxygen atoms in total. The zero-order chi connectivity index (χ0) is 12.1. The summed E-state index contributed by atoms with van der Waals surface area (Å²) in [6.07, 6.45) is 0. The molecule has 1 N–H and O–H groups in total. The van der Waals surface area contributed by atoms with Gasteiger partial charge >= 0.3 is 0 Å². The Morgan fingerprint density at radius 2 is 2.06 bits per heavy atom. The van der Waals surface area contributed by atoms with Crippen LogP contribution in [-0.4, -0.2) is 36.3 Å². The maximum atomic E-state index is 8.97. The van der Waals surface area contributed by atoms with Crippen molar-refractivity contribution in [1.29, 1.82) is 5.26 Å². The average Bonchev–Trinajstić information content (AvgIpc) is 2.40. The number of hydrogen-bond acceptors (Lipinski definition) is 3. The third-order valence-electron chi connectivity index (χ3n) is 2.59. The van der Waals surface area contributed by atoms with Crippen LogP contribution >= 0.6 is 12.2 Å². The maximum absolute atomic E-state index is 8.97. The second kappa shape index (κ2) is 5.62. The lowest BCUT2D eigenvalue weighted by atomic mass is 10.2. The van der Waals surface area contributed by atoms with E-state index in [1.54, 1.807) is 6.07 Å². The Morgan fingerprint density at radius 3 is 2.76 bits per heavy atom. The summed E-state index contributed by atoms with van der Waals surface area (Å²) in [6.45, 7) is 2.98. The molecule has 1 saturated heterocycles. The molecule has 2 rings (SSSR count). The summed E-state index contributed by atoms with van der Waals surface area (Å²) in [5, 5.41) is 12.7. The van der Waals surface area contributed by atoms with Gasteiger partial charge in [-0.05, 0) is 24.4 Å². The van der Waals surface area contributed by atoms with Crippen LogP contribution in [0.4, 0.5) is 5.69 Å². The molecule has 0 amide bonds. The van der Waals surface area contributed by atoms with Gasteiger partial charge in [-0.3, -0.25) is 0 Å². The van der Waals surface area contributed by atoms with E-state index in [2.05, 4.69) is 11.4 Å². The van der Waals surface area contributed by atoms with Gasteiger partial charge in [0.05, 0.1) is 24.5 Å². The molecule has 88 valence electrons. The van der Waals surface area contributed by atoms with Crippen molar-refractivity contribution < 1.29 is 4.74 Å². The Balaban J connectivity index is 2.05. The van der Waals surface area contributed by atoms with E-state index in [1.807, 2.05) is 23.1 Å². The number of nitrogens with one attached hydrogen (secondary N) is 1. The van der Waals surface area contributed by atoms with Gasteiger partial charge < -0.3 is 15.0 Å². The number of para-hydroxylation sites is 1. The van der Waals surface area contributed by atoms with Gasteiger partial charge in [-0.2, -0.15) is 5.26 Å². The van der Waals surface area contributed by atoms with Crippen LogP contribution < -0.4 is 5.32 Å². The molecule has 1 heterocycles. The number of hydrogen-bond donors (Lipinski definition) is 1. The normalized spacial score (nSPS) is 15.1. The number of nitriles is 1. The first-order chi connectivity index (χ1) is 8.31. The number of morpholine rings is 1. The molecule has 0 atom stereocenters. The molecule has 0 aliphatic carbocycles. The van der Waals surface area contributed by atoms with Crippen LogP contribution in [0.2, 0.25) is 0 Å². The number of anilines is 1. The van der Waals surface area contributed by atoms with E-state index in [0.29, 0.717) is 23.9 Å². The van der Waals surface area contributed by atoms with Crippen LogP contribution in [0.1, 0.15) is 5.56 Å². The molecule has 0 bridgehead atoms. The molecule has 1 aromatic carbocycles. The highest BCUT2D eigenvalue weighted by Crippen LogP contribution is 2.14. The second-order valence-corrected chi connectivity index (χ2v) is 4.07. The molecule has 1 aliphatic heterocycles. The topological polar surface area (TPSA) is 48.3 Å². The number of benzene rings is 1. The quantitative estimate of drug-likeness (QED) is 0.764. The molecular weight excluding hydrogens is 234 g/mol. The summed E-state index contributed by atoms with van der Waals surface area (Å²) >= 11 is 5.31. The molecule has 0 unspecified atom stereocenters. The van der Waals surface area contributed by atoms with Gasteiger partial charge in [0, 0.05) is 13.1 Å². The third-order valence-corrected chi connectivity index (χ3v) is 2.95. The van der Waals surface area contributed by atoms with Gasteiger partial charge in [0.1, 0.15) is 6.07 Å². The van der Waals surface area contributed by atoms with Crippen LogP contribution in [0.3, 0.4) is 0 Å². The smallest absolute Gasteiger partial charge is 0.173 e. The molecule has 5 heteroatoms. The van der Waals surface area contributed by atoms with Crippen molar-refractivity contribution in [2.75, 3.05) is 31.6 Å². The first-order valence-electron chi connectivity index (χ1n) is 5.44. The van der Waals surface area contributed by atoms with Gasteiger partial charge in [-0.25, -0.2) is 0 Å². The highest BCUT2D eigenvalue weighted by atomic mass is 32.1. The van der Waals surface area contributed by atoms with Gasteiger partial charge in [0.2, 0.25) is 0 Å². The molecule has 0 saturated carbocycles. The van der Waals surface area contributed by atoms with Crippen LogP contribution in [0.5, 0.6) is 0 Å². The van der Waals surface area contributed by atoms with E-state index in [9.17, 15) is 0 Å². The first kappa shape index (κ1) is 11.8. The molecule has 1 aliphatic rings. The summed E-state index contributed by atoms with van der Waals surface area (Å²) < 4.78 is 5.26. The third kappa shape index (κ3) is 2.93. The monoisotopic (exact) mass is 247 g/mol. The van der Waals surface area contributed by atoms with E-state index >= 15 is 0 Å². The van der Waals surface area contributed by atoms with E-state index in [-0.39, 0.29) is 0 Å². The van der Waals surface area contributed by atoms with E-state index in [0.717, 1.165) is 18.8 Å². The SMILES string of the molecule is N#Cc1ccccc1NC(=S)N1CCOCC1. The standard InChI is InChI=1S/C12H13N3OS/c13-9-10-3-1-2-4-11(10)14-12(17)15-5-7-16-8-6-15/h1-4H,5-8H2,(H,14,17). The van der Waals surface area contributed by atoms with Crippen molar-refractivity contribution in [3.05, 3.63) is 29.8 Å². The van der Waals surface area contributed by atoms with Crippen molar-refractivity contribution in [2.24, 2.45) is 0 Å². The lowest BCUT2D eigenvalue weighted by Crippen LogP contribution is -2.42. The maximum Gasteiger partial charge on any atom is 0.173 e. The van der Waals surface area contributed by atoms with E-state index < -0.39 is 0 Å². The highest BCUT2D eigenvalue weighted by molar-refractivity contribution is 7.80. The zero-order valence-electron chi connectivity index (χ0n) is 9.35. The predicted octanol–water partition coefficient (Wildman–Crippen LogP) is 1.59. The molecule has 0 spiro atoms. The van der Waals surface area contributed by atoms with Gasteiger partial charge in [0.15, 0.2) is 5.11 Å². The fourth-order valence-corrected chi connectivity index (χ4v) is 1.94. The minimum atomic E-state index is 0.600.